The van der Waals surface area contributed by atoms with Crippen LogP contribution in [0.3, 0.4) is 0 Å². The van der Waals surface area contributed by atoms with Crippen LogP contribution in [-0.2, 0) is 0 Å². The van der Waals surface area contributed by atoms with Gasteiger partial charge in [0, 0.05) is 21.9 Å². The van der Waals surface area contributed by atoms with Crippen LogP contribution < -0.4 is 4.57 Å². The zero-order chi connectivity index (χ0) is 27.8. The first-order chi connectivity index (χ1) is 20.8. The van der Waals surface area contributed by atoms with Gasteiger partial charge in [0.1, 0.15) is 22.9 Å². The third-order valence-electron chi connectivity index (χ3n) is 8.89. The molecule has 0 N–H and O–H groups in total. The Balaban J connectivity index is 1.44. The SMILES string of the molecule is CC1c2ccc3c(oc4ccccc43)c2-c2n(-c3cc(-c4ccccc4)ccc3-c3ccccc3)c3ccccc3[n+]21. The highest BCUT2D eigenvalue weighted by Crippen LogP contribution is 2.46. The van der Waals surface area contributed by atoms with Gasteiger partial charge in [0.25, 0.3) is 5.82 Å². The molecule has 0 amide bonds. The van der Waals surface area contributed by atoms with Crippen LogP contribution in [0.4, 0.5) is 0 Å². The van der Waals surface area contributed by atoms with Gasteiger partial charge in [-0.1, -0.05) is 109 Å². The largest absolute Gasteiger partial charge is 0.455 e. The van der Waals surface area contributed by atoms with E-state index in [9.17, 15) is 0 Å². The number of imidazole rings is 1. The molecular formula is C39H27N2O+. The molecule has 0 saturated heterocycles. The fourth-order valence-corrected chi connectivity index (χ4v) is 6.97. The lowest BCUT2D eigenvalue weighted by Gasteiger charge is -2.12. The summed E-state index contributed by atoms with van der Waals surface area (Å²) >= 11 is 0. The summed E-state index contributed by atoms with van der Waals surface area (Å²) in [6.07, 6.45) is 0. The quantitative estimate of drug-likeness (QED) is 0.205. The van der Waals surface area contributed by atoms with Gasteiger partial charge in [-0.25, -0.2) is 4.57 Å². The lowest BCUT2D eigenvalue weighted by atomic mass is 9.97. The Hall–Kier alpha value is -5.41. The van der Waals surface area contributed by atoms with E-state index in [1.54, 1.807) is 0 Å². The van der Waals surface area contributed by atoms with Crippen molar-refractivity contribution in [3.63, 3.8) is 0 Å². The Bertz CT molecular complexity index is 2310. The molecule has 42 heavy (non-hydrogen) atoms. The van der Waals surface area contributed by atoms with Gasteiger partial charge in [-0.2, -0.15) is 4.57 Å². The van der Waals surface area contributed by atoms with Gasteiger partial charge < -0.3 is 4.42 Å². The molecule has 9 rings (SSSR count). The highest BCUT2D eigenvalue weighted by molar-refractivity contribution is 6.10. The van der Waals surface area contributed by atoms with E-state index in [0.29, 0.717) is 0 Å². The molecule has 0 aliphatic carbocycles. The standard InChI is InChI=1S/C39H27N2O/c1-25-29-22-23-32-31-16-8-11-19-36(31)42-38(32)37(29)39-40(25)33-17-9-10-18-34(33)41(39)35-24-28(26-12-4-2-5-13-26)20-21-30(35)27-14-6-3-7-15-27/h2-25H,1H3/q+1. The monoisotopic (exact) mass is 539 g/mol. The van der Waals surface area contributed by atoms with Crippen LogP contribution >= 0.6 is 0 Å². The van der Waals surface area contributed by atoms with Gasteiger partial charge in [0.2, 0.25) is 0 Å². The molecule has 3 heterocycles. The highest BCUT2D eigenvalue weighted by Gasteiger charge is 2.42. The fourth-order valence-electron chi connectivity index (χ4n) is 6.97. The molecule has 1 aliphatic heterocycles. The molecule has 1 aliphatic rings. The smallest absolute Gasteiger partial charge is 0.299 e. The maximum atomic E-state index is 6.67. The van der Waals surface area contributed by atoms with Crippen molar-refractivity contribution in [2.75, 3.05) is 0 Å². The van der Waals surface area contributed by atoms with Crippen LogP contribution in [0.25, 0.3) is 72.3 Å². The number of nitrogens with zero attached hydrogens (tertiary/aromatic N) is 2. The molecule has 0 bridgehead atoms. The van der Waals surface area contributed by atoms with Gasteiger partial charge in [-0.15, -0.1) is 0 Å². The number of hydrogen-bond donors (Lipinski definition) is 0. The molecule has 0 spiro atoms. The molecule has 3 heteroatoms. The minimum Gasteiger partial charge on any atom is -0.455 e. The third kappa shape index (κ3) is 3.19. The number of rotatable bonds is 3. The van der Waals surface area contributed by atoms with E-state index in [4.69, 9.17) is 4.42 Å². The minimum absolute atomic E-state index is 0.163. The molecule has 6 aromatic carbocycles. The fraction of sp³-hybridized carbons (Fsp3) is 0.0513. The zero-order valence-electron chi connectivity index (χ0n) is 23.2. The summed E-state index contributed by atoms with van der Waals surface area (Å²) in [5, 5.41) is 2.31. The Morgan fingerprint density at radius 3 is 2.17 bits per heavy atom. The number of aromatic nitrogens is 2. The van der Waals surface area contributed by atoms with Crippen molar-refractivity contribution in [1.82, 2.24) is 4.57 Å². The summed E-state index contributed by atoms with van der Waals surface area (Å²) in [5.74, 6) is 1.16. The van der Waals surface area contributed by atoms with Crippen LogP contribution in [-0.4, -0.2) is 4.57 Å². The maximum Gasteiger partial charge on any atom is 0.299 e. The first-order valence-corrected chi connectivity index (χ1v) is 14.5. The van der Waals surface area contributed by atoms with Crippen molar-refractivity contribution in [2.45, 2.75) is 13.0 Å². The predicted octanol–water partition coefficient (Wildman–Crippen LogP) is 9.74. The van der Waals surface area contributed by atoms with E-state index < -0.39 is 0 Å². The first kappa shape index (κ1) is 23.3. The molecule has 3 nitrogen and oxygen atoms in total. The average molecular weight is 540 g/mol. The van der Waals surface area contributed by atoms with Gasteiger partial charge in [-0.3, -0.25) is 0 Å². The van der Waals surface area contributed by atoms with Crippen molar-refractivity contribution in [1.29, 1.82) is 0 Å². The normalized spacial score (nSPS) is 14.1. The Labute approximate surface area is 243 Å². The van der Waals surface area contributed by atoms with E-state index in [-0.39, 0.29) is 6.04 Å². The second-order valence-electron chi connectivity index (χ2n) is 11.2. The number of furan rings is 1. The Morgan fingerprint density at radius 2 is 1.33 bits per heavy atom. The predicted molar refractivity (Wildman–Crippen MR) is 171 cm³/mol. The van der Waals surface area contributed by atoms with E-state index in [1.165, 1.54) is 44.4 Å². The summed E-state index contributed by atoms with van der Waals surface area (Å²) in [5.41, 5.74) is 12.7. The van der Waals surface area contributed by atoms with Crippen molar-refractivity contribution in [2.24, 2.45) is 0 Å². The number of para-hydroxylation sites is 3. The summed E-state index contributed by atoms with van der Waals surface area (Å²) < 4.78 is 11.6. The van der Waals surface area contributed by atoms with Gasteiger partial charge in [0.05, 0.1) is 0 Å². The molecule has 0 radical (unpaired) electrons. The number of fused-ring (bicyclic) bond motifs is 9. The van der Waals surface area contributed by atoms with Crippen LogP contribution in [0.1, 0.15) is 18.5 Å². The van der Waals surface area contributed by atoms with E-state index in [0.717, 1.165) is 33.5 Å². The van der Waals surface area contributed by atoms with Gasteiger partial charge >= 0.3 is 0 Å². The maximum absolute atomic E-state index is 6.67. The molecule has 1 atom stereocenters. The van der Waals surface area contributed by atoms with Crippen LogP contribution in [0, 0.1) is 0 Å². The summed E-state index contributed by atoms with van der Waals surface area (Å²) in [6.45, 7) is 2.30. The Kier molecular flexibility index (Phi) is 4.88. The molecule has 198 valence electrons. The van der Waals surface area contributed by atoms with E-state index in [1.807, 2.05) is 6.07 Å². The minimum atomic E-state index is 0.163. The summed E-state index contributed by atoms with van der Waals surface area (Å²) in [7, 11) is 0. The van der Waals surface area contributed by atoms with Crippen LogP contribution in [0.2, 0.25) is 0 Å². The molecule has 2 aromatic heterocycles. The molecular weight excluding hydrogens is 512 g/mol. The van der Waals surface area contributed by atoms with Crippen LogP contribution in [0.5, 0.6) is 0 Å². The Morgan fingerprint density at radius 1 is 0.619 bits per heavy atom. The molecule has 0 fully saturated rings. The number of hydrogen-bond acceptors (Lipinski definition) is 1. The van der Waals surface area contributed by atoms with Gasteiger partial charge in [0.15, 0.2) is 16.6 Å². The van der Waals surface area contributed by atoms with Crippen molar-refractivity contribution in [3.8, 4) is 39.3 Å². The van der Waals surface area contributed by atoms with Crippen LogP contribution in [0.15, 0.2) is 144 Å². The molecule has 8 aromatic rings. The van der Waals surface area contributed by atoms with Gasteiger partial charge in [-0.05, 0) is 53.9 Å². The molecule has 1 unspecified atom stereocenters. The van der Waals surface area contributed by atoms with E-state index >= 15 is 0 Å². The second kappa shape index (κ2) is 8.79. The average Bonchev–Trinajstić information content (AvgIpc) is 3.69. The topological polar surface area (TPSA) is 21.9 Å². The van der Waals surface area contributed by atoms with Crippen molar-refractivity contribution >= 4 is 33.0 Å². The first-order valence-electron chi connectivity index (χ1n) is 14.5. The number of benzene rings is 6. The summed E-state index contributed by atoms with van der Waals surface area (Å²) in [6, 6.07) is 50.1. The second-order valence-corrected chi connectivity index (χ2v) is 11.2. The highest BCUT2D eigenvalue weighted by atomic mass is 16.3. The zero-order valence-corrected chi connectivity index (χ0v) is 23.2. The van der Waals surface area contributed by atoms with Crippen molar-refractivity contribution < 1.29 is 8.98 Å². The van der Waals surface area contributed by atoms with E-state index in [2.05, 4.69) is 150 Å². The summed E-state index contributed by atoms with van der Waals surface area (Å²) in [4.78, 5) is 0. The van der Waals surface area contributed by atoms with Crippen molar-refractivity contribution in [3.05, 3.63) is 145 Å². The molecule has 0 saturated carbocycles. The third-order valence-corrected chi connectivity index (χ3v) is 8.89. The lowest BCUT2D eigenvalue weighted by Crippen LogP contribution is -2.35. The lowest BCUT2D eigenvalue weighted by molar-refractivity contribution is -0.669.